The number of sulfonamides is 1. The van der Waals surface area contributed by atoms with Crippen molar-refractivity contribution in [1.82, 2.24) is 5.32 Å². The van der Waals surface area contributed by atoms with Crippen LogP contribution in [0.5, 0.6) is 0 Å². The van der Waals surface area contributed by atoms with Crippen LogP contribution in [0.3, 0.4) is 0 Å². The molecule has 1 rings (SSSR count). The first-order valence-corrected chi connectivity index (χ1v) is 7.20. The van der Waals surface area contributed by atoms with Gasteiger partial charge in [0.05, 0.1) is 5.75 Å². The van der Waals surface area contributed by atoms with Crippen molar-refractivity contribution in [2.75, 3.05) is 12.3 Å². The summed E-state index contributed by atoms with van der Waals surface area (Å²) in [5, 5.41) is 7.96. The van der Waals surface area contributed by atoms with Gasteiger partial charge in [0.2, 0.25) is 15.9 Å². The van der Waals surface area contributed by atoms with Gasteiger partial charge < -0.3 is 11.1 Å². The van der Waals surface area contributed by atoms with E-state index in [-0.39, 0.29) is 5.75 Å². The van der Waals surface area contributed by atoms with E-state index in [2.05, 4.69) is 5.32 Å². The molecule has 0 fully saturated rings. The fourth-order valence-corrected chi connectivity index (χ4v) is 1.96. The number of carbonyl (C=O) groups excluding carboxylic acids is 1. The van der Waals surface area contributed by atoms with E-state index < -0.39 is 15.9 Å². The van der Waals surface area contributed by atoms with Crippen molar-refractivity contribution >= 4 is 15.9 Å². The lowest BCUT2D eigenvalue weighted by molar-refractivity contribution is 0.100. The molecule has 0 unspecified atom stereocenters. The summed E-state index contributed by atoms with van der Waals surface area (Å²) in [7, 11) is -3.38. The normalized spacial score (nSPS) is 11.4. The molecular weight excluding hydrogens is 254 g/mol. The number of carbonyl (C=O) groups is 1. The molecule has 0 heterocycles. The molecule has 0 saturated carbocycles. The lowest BCUT2D eigenvalue weighted by atomic mass is 10.1. The minimum atomic E-state index is -3.38. The molecule has 0 aliphatic carbocycles. The first kappa shape index (κ1) is 14.6. The fraction of sp³-hybridized carbons (Fsp3) is 0.364. The quantitative estimate of drug-likeness (QED) is 0.583. The summed E-state index contributed by atoms with van der Waals surface area (Å²) in [5.74, 6) is -0.483. The summed E-state index contributed by atoms with van der Waals surface area (Å²) in [4.78, 5) is 10.8. The van der Waals surface area contributed by atoms with Crippen molar-refractivity contribution in [2.45, 2.75) is 13.0 Å². The molecule has 1 aromatic carbocycles. The lowest BCUT2D eigenvalue weighted by Gasteiger charge is -2.05. The Kier molecular flexibility index (Phi) is 5.26. The van der Waals surface area contributed by atoms with Gasteiger partial charge in [-0.15, -0.1) is 0 Å². The van der Waals surface area contributed by atoms with E-state index in [4.69, 9.17) is 10.9 Å². The lowest BCUT2D eigenvalue weighted by Crippen LogP contribution is -2.22. The largest absolute Gasteiger partial charge is 0.366 e. The first-order chi connectivity index (χ1) is 8.38. The van der Waals surface area contributed by atoms with Gasteiger partial charge in [0.1, 0.15) is 0 Å². The summed E-state index contributed by atoms with van der Waals surface area (Å²) in [6, 6.07) is 6.91. The zero-order chi connectivity index (χ0) is 13.6. The maximum atomic E-state index is 10.8. The van der Waals surface area contributed by atoms with Crippen LogP contribution in [0.1, 0.15) is 22.3 Å². The molecule has 6 nitrogen and oxygen atoms in total. The van der Waals surface area contributed by atoms with Crippen molar-refractivity contribution in [1.29, 1.82) is 0 Å². The summed E-state index contributed by atoms with van der Waals surface area (Å²) < 4.78 is 21.3. The van der Waals surface area contributed by atoms with Gasteiger partial charge in [-0.1, -0.05) is 12.1 Å². The highest BCUT2D eigenvalue weighted by molar-refractivity contribution is 7.89. The van der Waals surface area contributed by atoms with E-state index in [9.17, 15) is 13.2 Å². The third-order valence-electron chi connectivity index (χ3n) is 2.35. The summed E-state index contributed by atoms with van der Waals surface area (Å²) >= 11 is 0. The minimum Gasteiger partial charge on any atom is -0.366 e. The Labute approximate surface area is 106 Å². The number of primary amides is 1. The van der Waals surface area contributed by atoms with E-state index in [1.165, 1.54) is 0 Å². The smallest absolute Gasteiger partial charge is 0.248 e. The molecule has 0 aromatic heterocycles. The van der Waals surface area contributed by atoms with Crippen molar-refractivity contribution in [2.24, 2.45) is 10.9 Å². The van der Waals surface area contributed by atoms with Gasteiger partial charge in [0.15, 0.2) is 0 Å². The van der Waals surface area contributed by atoms with E-state index in [0.717, 1.165) is 5.56 Å². The Bertz CT molecular complexity index is 497. The second-order valence-electron chi connectivity index (χ2n) is 3.96. The molecule has 0 radical (unpaired) electrons. The number of rotatable bonds is 7. The first-order valence-electron chi connectivity index (χ1n) is 5.48. The Morgan fingerprint density at radius 2 is 1.83 bits per heavy atom. The van der Waals surface area contributed by atoms with Gasteiger partial charge in [0.25, 0.3) is 0 Å². The van der Waals surface area contributed by atoms with Gasteiger partial charge in [-0.05, 0) is 30.7 Å². The van der Waals surface area contributed by atoms with Crippen molar-refractivity contribution in [3.05, 3.63) is 35.4 Å². The van der Waals surface area contributed by atoms with Gasteiger partial charge in [-0.3, -0.25) is 4.79 Å². The van der Waals surface area contributed by atoms with Crippen LogP contribution in [-0.2, 0) is 16.6 Å². The monoisotopic (exact) mass is 271 g/mol. The molecule has 100 valence electrons. The maximum absolute atomic E-state index is 10.8. The van der Waals surface area contributed by atoms with E-state index in [1.54, 1.807) is 24.3 Å². The van der Waals surface area contributed by atoms with Crippen LogP contribution in [0, 0.1) is 0 Å². The summed E-state index contributed by atoms with van der Waals surface area (Å²) in [5.41, 5.74) is 6.58. The second-order valence-corrected chi connectivity index (χ2v) is 5.69. The van der Waals surface area contributed by atoms with Crippen molar-refractivity contribution in [3.63, 3.8) is 0 Å². The Morgan fingerprint density at radius 1 is 1.22 bits per heavy atom. The number of hydrogen-bond donors (Lipinski definition) is 3. The zero-order valence-corrected chi connectivity index (χ0v) is 10.7. The molecular formula is C11H17N3O3S. The molecule has 1 aromatic rings. The predicted molar refractivity (Wildman–Crippen MR) is 69.3 cm³/mol. The molecule has 18 heavy (non-hydrogen) atoms. The SMILES string of the molecule is NC(=O)c1ccc(CNCCCS(N)(=O)=O)cc1. The fourth-order valence-electron chi connectivity index (χ4n) is 1.42. The highest BCUT2D eigenvalue weighted by atomic mass is 32.2. The highest BCUT2D eigenvalue weighted by Crippen LogP contribution is 2.03. The van der Waals surface area contributed by atoms with Crippen LogP contribution in [0.15, 0.2) is 24.3 Å². The topological polar surface area (TPSA) is 115 Å². The number of amides is 1. The van der Waals surface area contributed by atoms with Gasteiger partial charge in [-0.2, -0.15) is 0 Å². The number of nitrogens with one attached hydrogen (secondary N) is 1. The maximum Gasteiger partial charge on any atom is 0.248 e. The van der Waals surface area contributed by atoms with Crippen LogP contribution >= 0.6 is 0 Å². The second kappa shape index (κ2) is 6.48. The minimum absolute atomic E-state index is 0.0272. The Morgan fingerprint density at radius 3 is 2.33 bits per heavy atom. The summed E-state index contributed by atoms with van der Waals surface area (Å²) in [6.07, 6.45) is 0.470. The summed E-state index contributed by atoms with van der Waals surface area (Å²) in [6.45, 7) is 1.16. The van der Waals surface area contributed by atoms with Crippen LogP contribution in [-0.4, -0.2) is 26.6 Å². The molecule has 0 saturated heterocycles. The average molecular weight is 271 g/mol. The third kappa shape index (κ3) is 5.76. The molecule has 1 amide bonds. The van der Waals surface area contributed by atoms with Gasteiger partial charge in [-0.25, -0.2) is 13.6 Å². The van der Waals surface area contributed by atoms with Gasteiger partial charge >= 0.3 is 0 Å². The zero-order valence-electron chi connectivity index (χ0n) is 9.93. The molecule has 0 spiro atoms. The van der Waals surface area contributed by atoms with Gasteiger partial charge in [0, 0.05) is 12.1 Å². The number of hydrogen-bond acceptors (Lipinski definition) is 4. The van der Waals surface area contributed by atoms with E-state index in [1.807, 2.05) is 0 Å². The average Bonchev–Trinajstić information content (AvgIpc) is 2.27. The molecule has 0 aliphatic heterocycles. The predicted octanol–water partition coefficient (Wildman–Crippen LogP) is -0.446. The molecule has 0 atom stereocenters. The third-order valence-corrected chi connectivity index (χ3v) is 3.21. The van der Waals surface area contributed by atoms with Crippen LogP contribution in [0.2, 0.25) is 0 Å². The van der Waals surface area contributed by atoms with E-state index >= 15 is 0 Å². The van der Waals surface area contributed by atoms with E-state index in [0.29, 0.717) is 25.1 Å². The van der Waals surface area contributed by atoms with Crippen LogP contribution in [0.4, 0.5) is 0 Å². The molecule has 0 aliphatic rings. The number of nitrogens with two attached hydrogens (primary N) is 2. The molecule has 5 N–H and O–H groups in total. The molecule has 7 heteroatoms. The molecule has 0 bridgehead atoms. The standard InChI is InChI=1S/C11H17N3O3S/c12-11(15)10-4-2-9(3-5-10)8-14-6-1-7-18(13,16)17/h2-5,14H,1,6-8H2,(H2,12,15)(H2,13,16,17). The van der Waals surface area contributed by atoms with Crippen molar-refractivity contribution in [3.8, 4) is 0 Å². The van der Waals surface area contributed by atoms with Crippen LogP contribution in [0.25, 0.3) is 0 Å². The number of benzene rings is 1. The Balaban J connectivity index is 2.29. The van der Waals surface area contributed by atoms with Crippen molar-refractivity contribution < 1.29 is 13.2 Å². The highest BCUT2D eigenvalue weighted by Gasteiger charge is 2.02. The Hall–Kier alpha value is -1.44. The number of primary sulfonamides is 1. The van der Waals surface area contributed by atoms with Crippen LogP contribution < -0.4 is 16.2 Å².